The normalized spacial score (nSPS) is 16.5. The summed E-state index contributed by atoms with van der Waals surface area (Å²) in [5.74, 6) is 0.920. The monoisotopic (exact) mass is 222 g/mol. The van der Waals surface area contributed by atoms with E-state index < -0.39 is 0 Å². The van der Waals surface area contributed by atoms with E-state index in [1.54, 1.807) is 13.0 Å². The van der Waals surface area contributed by atoms with E-state index in [9.17, 15) is 4.39 Å². The quantitative estimate of drug-likeness (QED) is 0.577. The highest BCUT2D eigenvalue weighted by Crippen LogP contribution is 2.22. The van der Waals surface area contributed by atoms with Crippen LogP contribution in [0, 0.1) is 25.6 Å². The Labute approximate surface area is 98.9 Å². The molecule has 1 saturated carbocycles. The van der Waals surface area contributed by atoms with Crippen LogP contribution in [0.4, 0.5) is 4.39 Å². The van der Waals surface area contributed by atoms with Crippen LogP contribution in [0.3, 0.4) is 0 Å². The number of aryl methyl sites for hydroxylation is 2. The largest absolute Gasteiger partial charge is 0.207 e. The van der Waals surface area contributed by atoms with Gasteiger partial charge in [-0.15, -0.1) is 0 Å². The lowest BCUT2D eigenvalue weighted by Crippen LogP contribution is -1.99. The minimum atomic E-state index is -0.116. The van der Waals surface area contributed by atoms with Crippen LogP contribution >= 0.6 is 0 Å². The molecule has 0 N–H and O–H groups in total. The minimum absolute atomic E-state index is 0.116. The summed E-state index contributed by atoms with van der Waals surface area (Å²) in [4.78, 5) is 0. The summed E-state index contributed by atoms with van der Waals surface area (Å²) < 4.78 is 12.6. The topological polar surface area (TPSA) is 0 Å². The Kier molecular flexibility index (Phi) is 5.51. The maximum absolute atomic E-state index is 12.6. The molecular weight excluding hydrogens is 199 g/mol. The molecular formula is C15H23F. The fourth-order valence-electron chi connectivity index (χ4n) is 2.00. The summed E-state index contributed by atoms with van der Waals surface area (Å²) in [6.45, 7) is 6.00. The van der Waals surface area contributed by atoms with Crippen LogP contribution in [-0.4, -0.2) is 0 Å². The third kappa shape index (κ3) is 4.78. The molecule has 1 aliphatic rings. The van der Waals surface area contributed by atoms with Crippen molar-refractivity contribution in [1.82, 2.24) is 0 Å². The lowest BCUT2D eigenvalue weighted by atomic mass is 9.91. The molecule has 1 aromatic carbocycles. The van der Waals surface area contributed by atoms with E-state index in [0.717, 1.165) is 11.5 Å². The Morgan fingerprint density at radius 2 is 1.69 bits per heavy atom. The SMILES string of the molecule is CC1CCCCC1.Cc1ccc(C)c(F)c1. The van der Waals surface area contributed by atoms with E-state index in [0.29, 0.717) is 5.56 Å². The zero-order valence-corrected chi connectivity index (χ0v) is 10.7. The highest BCUT2D eigenvalue weighted by molar-refractivity contribution is 5.21. The first-order valence-electron chi connectivity index (χ1n) is 6.32. The summed E-state index contributed by atoms with van der Waals surface area (Å²) in [5, 5.41) is 0. The standard InChI is InChI=1S/C8H9F.C7H14/c1-6-3-4-7(2)8(9)5-6;1-7-5-3-2-4-6-7/h3-5H,1-2H3;7H,2-6H2,1H3. The summed E-state index contributed by atoms with van der Waals surface area (Å²) in [7, 11) is 0. The minimum Gasteiger partial charge on any atom is -0.207 e. The Morgan fingerprint density at radius 1 is 1.06 bits per heavy atom. The van der Waals surface area contributed by atoms with E-state index in [-0.39, 0.29) is 5.82 Å². The van der Waals surface area contributed by atoms with Gasteiger partial charge in [0.25, 0.3) is 0 Å². The van der Waals surface area contributed by atoms with Gasteiger partial charge in [0.05, 0.1) is 0 Å². The maximum atomic E-state index is 12.6. The molecule has 0 amide bonds. The first kappa shape index (κ1) is 13.2. The average molecular weight is 222 g/mol. The van der Waals surface area contributed by atoms with Crippen LogP contribution in [0.15, 0.2) is 18.2 Å². The molecule has 0 aromatic heterocycles. The molecule has 1 aromatic rings. The van der Waals surface area contributed by atoms with Crippen molar-refractivity contribution in [3.8, 4) is 0 Å². The number of benzene rings is 1. The Bertz CT molecular complexity index is 311. The van der Waals surface area contributed by atoms with Gasteiger partial charge in [0, 0.05) is 0 Å². The molecule has 0 bridgehead atoms. The highest BCUT2D eigenvalue weighted by Gasteiger charge is 2.05. The molecule has 16 heavy (non-hydrogen) atoms. The van der Waals surface area contributed by atoms with E-state index in [1.807, 2.05) is 13.0 Å². The summed E-state index contributed by atoms with van der Waals surface area (Å²) in [6, 6.07) is 5.22. The highest BCUT2D eigenvalue weighted by atomic mass is 19.1. The Hall–Kier alpha value is -0.850. The van der Waals surface area contributed by atoms with Crippen molar-refractivity contribution in [3.05, 3.63) is 35.1 Å². The van der Waals surface area contributed by atoms with Gasteiger partial charge in [-0.25, -0.2) is 4.39 Å². The van der Waals surface area contributed by atoms with E-state index in [4.69, 9.17) is 0 Å². The van der Waals surface area contributed by atoms with Crippen molar-refractivity contribution in [2.24, 2.45) is 5.92 Å². The van der Waals surface area contributed by atoms with Crippen LogP contribution in [-0.2, 0) is 0 Å². The van der Waals surface area contributed by atoms with Crippen molar-refractivity contribution in [1.29, 1.82) is 0 Å². The van der Waals surface area contributed by atoms with Crippen LogP contribution in [0.25, 0.3) is 0 Å². The molecule has 0 aliphatic heterocycles. The molecule has 0 radical (unpaired) electrons. The fourth-order valence-corrected chi connectivity index (χ4v) is 2.00. The van der Waals surface area contributed by atoms with Gasteiger partial charge < -0.3 is 0 Å². The van der Waals surface area contributed by atoms with E-state index in [1.165, 1.54) is 38.2 Å². The lowest BCUT2D eigenvalue weighted by Gasteiger charge is -2.15. The van der Waals surface area contributed by atoms with Crippen LogP contribution < -0.4 is 0 Å². The lowest BCUT2D eigenvalue weighted by molar-refractivity contribution is 0.385. The summed E-state index contributed by atoms with van der Waals surface area (Å²) in [5.41, 5.74) is 1.68. The third-order valence-corrected chi connectivity index (χ3v) is 3.22. The van der Waals surface area contributed by atoms with Crippen molar-refractivity contribution in [3.63, 3.8) is 0 Å². The smallest absolute Gasteiger partial charge is 0.126 e. The molecule has 0 atom stereocenters. The molecule has 1 heteroatoms. The maximum Gasteiger partial charge on any atom is 0.126 e. The molecule has 1 aliphatic carbocycles. The predicted octanol–water partition coefficient (Wildman–Crippen LogP) is 5.03. The second kappa shape index (κ2) is 6.67. The number of hydrogen-bond acceptors (Lipinski definition) is 0. The average Bonchev–Trinajstić information content (AvgIpc) is 2.26. The number of halogens is 1. The van der Waals surface area contributed by atoms with Gasteiger partial charge in [0.2, 0.25) is 0 Å². The van der Waals surface area contributed by atoms with Crippen molar-refractivity contribution in [2.45, 2.75) is 52.9 Å². The Balaban J connectivity index is 0.000000165. The van der Waals surface area contributed by atoms with Gasteiger partial charge in [0.15, 0.2) is 0 Å². The third-order valence-electron chi connectivity index (χ3n) is 3.22. The Morgan fingerprint density at radius 3 is 2.06 bits per heavy atom. The van der Waals surface area contributed by atoms with E-state index >= 15 is 0 Å². The van der Waals surface area contributed by atoms with Gasteiger partial charge >= 0.3 is 0 Å². The summed E-state index contributed by atoms with van der Waals surface area (Å²) in [6.07, 6.45) is 7.44. The number of rotatable bonds is 0. The molecule has 2 rings (SSSR count). The molecule has 0 heterocycles. The van der Waals surface area contributed by atoms with Gasteiger partial charge in [-0.1, -0.05) is 51.2 Å². The first-order chi connectivity index (χ1) is 7.59. The second-order valence-corrected chi connectivity index (χ2v) is 5.00. The van der Waals surface area contributed by atoms with Crippen molar-refractivity contribution < 1.29 is 4.39 Å². The summed E-state index contributed by atoms with van der Waals surface area (Å²) >= 11 is 0. The van der Waals surface area contributed by atoms with Gasteiger partial charge in [0.1, 0.15) is 5.82 Å². The molecule has 0 spiro atoms. The zero-order chi connectivity index (χ0) is 12.0. The predicted molar refractivity (Wildman–Crippen MR) is 68.1 cm³/mol. The van der Waals surface area contributed by atoms with Crippen LogP contribution in [0.5, 0.6) is 0 Å². The van der Waals surface area contributed by atoms with Gasteiger partial charge in [-0.2, -0.15) is 0 Å². The zero-order valence-electron chi connectivity index (χ0n) is 10.7. The molecule has 1 fully saturated rings. The molecule has 0 unspecified atom stereocenters. The molecule has 0 nitrogen and oxygen atoms in total. The molecule has 90 valence electrons. The number of hydrogen-bond donors (Lipinski definition) is 0. The fraction of sp³-hybridized carbons (Fsp3) is 0.600. The van der Waals surface area contributed by atoms with Crippen molar-refractivity contribution in [2.75, 3.05) is 0 Å². The van der Waals surface area contributed by atoms with Gasteiger partial charge in [-0.05, 0) is 37.0 Å². The van der Waals surface area contributed by atoms with Crippen LogP contribution in [0.1, 0.15) is 50.2 Å². The van der Waals surface area contributed by atoms with Crippen LogP contribution in [0.2, 0.25) is 0 Å². The van der Waals surface area contributed by atoms with Crippen molar-refractivity contribution >= 4 is 0 Å². The van der Waals surface area contributed by atoms with Gasteiger partial charge in [-0.3, -0.25) is 0 Å². The van der Waals surface area contributed by atoms with E-state index in [2.05, 4.69) is 6.92 Å². The molecule has 0 saturated heterocycles. The first-order valence-corrected chi connectivity index (χ1v) is 6.32. The second-order valence-electron chi connectivity index (χ2n) is 5.00.